The highest BCUT2D eigenvalue weighted by molar-refractivity contribution is 7.80. The van der Waals surface area contributed by atoms with Crippen LogP contribution in [0.1, 0.15) is 45.8 Å². The van der Waals surface area contributed by atoms with Crippen molar-refractivity contribution in [2.45, 2.75) is 38.6 Å². The van der Waals surface area contributed by atoms with Gasteiger partial charge in [-0.05, 0) is 49.5 Å². The van der Waals surface area contributed by atoms with Gasteiger partial charge in [0.2, 0.25) is 0 Å². The Hall–Kier alpha value is -1.93. The van der Waals surface area contributed by atoms with Crippen molar-refractivity contribution in [2.75, 3.05) is 12.4 Å². The van der Waals surface area contributed by atoms with E-state index in [1.54, 1.807) is 22.2 Å². The molecule has 0 bridgehead atoms. The summed E-state index contributed by atoms with van der Waals surface area (Å²) < 4.78 is 6.81. The number of nitrogens with zero attached hydrogens (tertiary/aromatic N) is 2. The number of anilines is 1. The number of thiocarbonyl (C=S) groups is 1. The monoisotopic (exact) mass is 378 g/mol. The minimum atomic E-state index is -0.295. The van der Waals surface area contributed by atoms with Gasteiger partial charge in [0.05, 0.1) is 24.9 Å². The lowest BCUT2D eigenvalue weighted by molar-refractivity contribution is 0.0601. The highest BCUT2D eigenvalue weighted by Crippen LogP contribution is 2.37. The summed E-state index contributed by atoms with van der Waals surface area (Å²) >= 11 is 7.02. The average molecular weight is 379 g/mol. The fourth-order valence-corrected chi connectivity index (χ4v) is 4.56. The van der Waals surface area contributed by atoms with Gasteiger partial charge in [-0.1, -0.05) is 6.42 Å². The van der Waals surface area contributed by atoms with Crippen LogP contribution in [0, 0.1) is 0 Å². The van der Waals surface area contributed by atoms with Crippen LogP contribution in [0.3, 0.4) is 0 Å². The molecule has 2 aromatic rings. The van der Waals surface area contributed by atoms with Gasteiger partial charge in [0.15, 0.2) is 5.11 Å². The van der Waals surface area contributed by atoms with Crippen molar-refractivity contribution in [1.82, 2.24) is 15.1 Å². The zero-order chi connectivity index (χ0) is 17.8. The molecule has 8 heteroatoms. The molecule has 0 spiro atoms. The number of ether oxygens (including phenoxy) is 1. The molecule has 0 aliphatic heterocycles. The molecule has 0 aromatic carbocycles. The minimum absolute atomic E-state index is 0.295. The highest BCUT2D eigenvalue weighted by Gasteiger charge is 2.25. The Morgan fingerprint density at radius 1 is 1.40 bits per heavy atom. The standard InChI is InChI=1S/C17H22N4O2S2/c1-21-11(8-9-19-21)10-18-17(24)20-15-14(16(22)23-2)12-6-4-3-5-7-13(12)25-15/h8-9H,3-7,10H2,1-2H3,(H2,18,20,24). The number of carbonyl (C=O) groups excluding carboxylic acids is 1. The quantitative estimate of drug-likeness (QED) is 0.484. The van der Waals surface area contributed by atoms with Crippen LogP contribution in [-0.4, -0.2) is 28.0 Å². The molecule has 1 aliphatic rings. The third kappa shape index (κ3) is 4.01. The Morgan fingerprint density at radius 3 is 2.92 bits per heavy atom. The van der Waals surface area contributed by atoms with E-state index in [1.165, 1.54) is 18.4 Å². The van der Waals surface area contributed by atoms with Crippen molar-refractivity contribution in [3.8, 4) is 0 Å². The molecule has 6 nitrogen and oxygen atoms in total. The third-order valence-electron chi connectivity index (χ3n) is 4.39. The largest absolute Gasteiger partial charge is 0.465 e. The molecule has 0 unspecified atom stereocenters. The molecule has 2 heterocycles. The number of methoxy groups -OCH3 is 1. The Balaban J connectivity index is 1.75. The number of esters is 1. The third-order valence-corrected chi connectivity index (χ3v) is 5.84. The van der Waals surface area contributed by atoms with E-state index in [9.17, 15) is 4.79 Å². The van der Waals surface area contributed by atoms with E-state index in [-0.39, 0.29) is 5.97 Å². The van der Waals surface area contributed by atoms with Crippen LogP contribution in [0.2, 0.25) is 0 Å². The molecule has 2 aromatic heterocycles. The molecule has 0 fully saturated rings. The zero-order valence-electron chi connectivity index (χ0n) is 14.4. The number of hydrogen-bond acceptors (Lipinski definition) is 5. The molecule has 0 amide bonds. The maximum absolute atomic E-state index is 12.3. The van der Waals surface area contributed by atoms with Crippen LogP contribution in [0.4, 0.5) is 5.00 Å². The van der Waals surface area contributed by atoms with Gasteiger partial charge >= 0.3 is 5.97 Å². The molecule has 25 heavy (non-hydrogen) atoms. The zero-order valence-corrected chi connectivity index (χ0v) is 16.1. The lowest BCUT2D eigenvalue weighted by atomic mass is 10.1. The van der Waals surface area contributed by atoms with Crippen LogP contribution in [0.15, 0.2) is 12.3 Å². The molecule has 1 aliphatic carbocycles. The molecule has 2 N–H and O–H groups in total. The van der Waals surface area contributed by atoms with Crippen molar-refractivity contribution in [2.24, 2.45) is 7.05 Å². The average Bonchev–Trinajstić information content (AvgIpc) is 3.07. The van der Waals surface area contributed by atoms with E-state index in [0.29, 0.717) is 17.2 Å². The fraction of sp³-hybridized carbons (Fsp3) is 0.471. The first-order valence-corrected chi connectivity index (χ1v) is 9.57. The molecule has 3 rings (SSSR count). The van der Waals surface area contributed by atoms with Crippen LogP contribution in [0.5, 0.6) is 0 Å². The normalized spacial score (nSPS) is 13.7. The first-order chi connectivity index (χ1) is 12.1. The minimum Gasteiger partial charge on any atom is -0.465 e. The maximum Gasteiger partial charge on any atom is 0.341 e. The van der Waals surface area contributed by atoms with Crippen molar-refractivity contribution in [3.05, 3.63) is 34.0 Å². The first-order valence-electron chi connectivity index (χ1n) is 8.34. The van der Waals surface area contributed by atoms with E-state index in [4.69, 9.17) is 17.0 Å². The highest BCUT2D eigenvalue weighted by atomic mass is 32.1. The van der Waals surface area contributed by atoms with Crippen molar-refractivity contribution < 1.29 is 9.53 Å². The molecule has 134 valence electrons. The van der Waals surface area contributed by atoms with Gasteiger partial charge in [0, 0.05) is 18.1 Å². The number of rotatable bonds is 4. The summed E-state index contributed by atoms with van der Waals surface area (Å²) in [6.45, 7) is 0.570. The van der Waals surface area contributed by atoms with E-state index >= 15 is 0 Å². The number of aryl methyl sites for hydroxylation is 2. The van der Waals surface area contributed by atoms with Crippen LogP contribution >= 0.6 is 23.6 Å². The maximum atomic E-state index is 12.3. The van der Waals surface area contributed by atoms with Gasteiger partial charge in [-0.15, -0.1) is 11.3 Å². The second kappa shape index (κ2) is 7.97. The summed E-state index contributed by atoms with van der Waals surface area (Å²) in [4.78, 5) is 13.6. The number of fused-ring (bicyclic) bond motifs is 1. The molecule has 0 atom stereocenters. The number of nitrogens with one attached hydrogen (secondary N) is 2. The summed E-state index contributed by atoms with van der Waals surface area (Å²) in [7, 11) is 3.31. The molecule has 0 radical (unpaired) electrons. The van der Waals surface area contributed by atoms with Gasteiger partial charge in [0.1, 0.15) is 5.00 Å². The second-order valence-corrected chi connectivity index (χ2v) is 7.53. The molecule has 0 saturated carbocycles. The number of carbonyl (C=O) groups is 1. The van der Waals surface area contributed by atoms with Crippen LogP contribution < -0.4 is 10.6 Å². The summed E-state index contributed by atoms with van der Waals surface area (Å²) in [6.07, 6.45) is 7.16. The van der Waals surface area contributed by atoms with E-state index in [2.05, 4.69) is 15.7 Å². The fourth-order valence-electron chi connectivity index (χ4n) is 3.04. The van der Waals surface area contributed by atoms with Gasteiger partial charge in [-0.3, -0.25) is 4.68 Å². The molecular formula is C17H22N4O2S2. The number of aromatic nitrogens is 2. The topological polar surface area (TPSA) is 68.2 Å². The summed E-state index contributed by atoms with van der Waals surface area (Å²) in [5.74, 6) is -0.295. The number of thiophene rings is 1. The summed E-state index contributed by atoms with van der Waals surface area (Å²) in [5, 5.41) is 11.8. The Morgan fingerprint density at radius 2 is 2.20 bits per heavy atom. The van der Waals surface area contributed by atoms with Crippen molar-refractivity contribution >= 4 is 39.6 Å². The lowest BCUT2D eigenvalue weighted by Crippen LogP contribution is -2.29. The molecular weight excluding hydrogens is 356 g/mol. The second-order valence-electron chi connectivity index (χ2n) is 6.01. The SMILES string of the molecule is COC(=O)c1c(NC(=S)NCc2ccnn2C)sc2c1CCCCC2. The van der Waals surface area contributed by atoms with E-state index in [1.807, 2.05) is 13.1 Å². The predicted molar refractivity (Wildman–Crippen MR) is 103 cm³/mol. The van der Waals surface area contributed by atoms with Gasteiger partial charge in [-0.2, -0.15) is 5.10 Å². The van der Waals surface area contributed by atoms with E-state index < -0.39 is 0 Å². The van der Waals surface area contributed by atoms with E-state index in [0.717, 1.165) is 41.9 Å². The molecule has 0 saturated heterocycles. The van der Waals surface area contributed by atoms with Crippen LogP contribution in [-0.2, 0) is 31.2 Å². The van der Waals surface area contributed by atoms with Gasteiger partial charge < -0.3 is 15.4 Å². The van der Waals surface area contributed by atoms with Crippen LogP contribution in [0.25, 0.3) is 0 Å². The Labute approximate surface area is 156 Å². The number of hydrogen-bond donors (Lipinski definition) is 2. The van der Waals surface area contributed by atoms with Crippen molar-refractivity contribution in [1.29, 1.82) is 0 Å². The smallest absolute Gasteiger partial charge is 0.341 e. The summed E-state index contributed by atoms with van der Waals surface area (Å²) in [6, 6.07) is 1.93. The Bertz CT molecular complexity index is 782. The Kier molecular flexibility index (Phi) is 5.70. The lowest BCUT2D eigenvalue weighted by Gasteiger charge is -2.11. The van der Waals surface area contributed by atoms with Crippen molar-refractivity contribution in [3.63, 3.8) is 0 Å². The predicted octanol–water partition coefficient (Wildman–Crippen LogP) is 3.02. The summed E-state index contributed by atoms with van der Waals surface area (Å²) in [5.41, 5.74) is 2.81. The van der Waals surface area contributed by atoms with Gasteiger partial charge in [-0.25, -0.2) is 4.79 Å². The first kappa shape index (κ1) is 17.9. The van der Waals surface area contributed by atoms with Gasteiger partial charge in [0.25, 0.3) is 0 Å².